The number of para-hydroxylation sites is 3. The second-order valence-corrected chi connectivity index (χ2v) is 19.3. The minimum Gasteiger partial charge on any atom is -0.292 e. The summed E-state index contributed by atoms with van der Waals surface area (Å²) in [7, 11) is -1.78. The summed E-state index contributed by atoms with van der Waals surface area (Å²) in [5, 5.41) is 4.25. The van der Waals surface area contributed by atoms with Crippen molar-refractivity contribution in [1.82, 2.24) is 19.5 Å². The molecule has 0 spiro atoms. The lowest BCUT2D eigenvalue weighted by atomic mass is 9.94. The van der Waals surface area contributed by atoms with Crippen LogP contribution in [0, 0.1) is 6.92 Å². The minimum atomic E-state index is -1.78. The second kappa shape index (κ2) is 17.5. The van der Waals surface area contributed by atoms with Gasteiger partial charge in [0.05, 0.1) is 22.4 Å². The number of aromatic nitrogens is 4. The third kappa shape index (κ3) is 7.90. The van der Waals surface area contributed by atoms with E-state index in [-0.39, 0.29) is 0 Å². The van der Waals surface area contributed by atoms with E-state index in [1.54, 1.807) is 0 Å². The van der Waals surface area contributed by atoms with Crippen LogP contribution in [0.15, 0.2) is 243 Å². The summed E-state index contributed by atoms with van der Waals surface area (Å²) in [5.41, 5.74) is 15.0. The van der Waals surface area contributed by atoms with Gasteiger partial charge in [-0.2, -0.15) is 0 Å². The summed E-state index contributed by atoms with van der Waals surface area (Å²) < 4.78 is 2.23. The molecule has 5 heteroatoms. The third-order valence-electron chi connectivity index (χ3n) is 12.4. The van der Waals surface area contributed by atoms with Gasteiger partial charge in [0.1, 0.15) is 14.6 Å². The molecule has 0 N–H and O–H groups in total. The van der Waals surface area contributed by atoms with Crippen LogP contribution in [0.3, 0.4) is 0 Å². The van der Waals surface area contributed by atoms with E-state index in [1.807, 2.05) is 18.2 Å². The Morgan fingerprint density at radius 1 is 0.369 bits per heavy atom. The molecule has 9 aromatic carbocycles. The maximum atomic E-state index is 5.22. The summed E-state index contributed by atoms with van der Waals surface area (Å²) in [6.07, 6.45) is 0. The molecule has 0 amide bonds. The molecule has 4 nitrogen and oxygen atoms in total. The van der Waals surface area contributed by atoms with Crippen LogP contribution >= 0.6 is 0 Å². The molecule has 11 rings (SSSR count). The molecule has 308 valence electrons. The fraction of sp³-hybridized carbons (Fsp3) is 0.0167. The van der Waals surface area contributed by atoms with Gasteiger partial charge >= 0.3 is 0 Å². The third-order valence-corrected chi connectivity index (χ3v) is 15.6. The van der Waals surface area contributed by atoms with Gasteiger partial charge < -0.3 is 0 Å². The van der Waals surface area contributed by atoms with Crippen LogP contribution in [-0.2, 0) is 0 Å². The van der Waals surface area contributed by atoms with Crippen LogP contribution in [0.1, 0.15) is 5.56 Å². The highest BCUT2D eigenvalue weighted by Gasteiger charge is 2.23. The lowest BCUT2D eigenvalue weighted by molar-refractivity contribution is 1.10. The van der Waals surface area contributed by atoms with E-state index in [9.17, 15) is 0 Å². The molecule has 0 saturated heterocycles. The summed E-state index contributed by atoms with van der Waals surface area (Å²) in [6.45, 7) is 2.23. The number of imidazole rings is 1. The Morgan fingerprint density at radius 2 is 0.877 bits per heavy atom. The highest BCUT2D eigenvalue weighted by Crippen LogP contribution is 2.34. The van der Waals surface area contributed by atoms with Crippen molar-refractivity contribution in [3.63, 3.8) is 0 Å². The Kier molecular flexibility index (Phi) is 10.6. The molecule has 0 saturated carbocycles. The van der Waals surface area contributed by atoms with Gasteiger partial charge in [-0.1, -0.05) is 217 Å². The van der Waals surface area contributed by atoms with E-state index in [0.717, 1.165) is 61.8 Å². The van der Waals surface area contributed by atoms with Gasteiger partial charge in [-0.05, 0) is 76.3 Å². The molecule has 2 aromatic heterocycles. The van der Waals surface area contributed by atoms with E-state index in [4.69, 9.17) is 15.0 Å². The highest BCUT2D eigenvalue weighted by molar-refractivity contribution is 6.96. The first-order valence-corrected chi connectivity index (χ1v) is 23.9. The number of nitrogens with zero attached hydrogens (tertiary/aromatic N) is 4. The van der Waals surface area contributed by atoms with Crippen molar-refractivity contribution in [3.05, 3.63) is 248 Å². The number of aryl methyl sites for hydroxylation is 1. The molecule has 0 aliphatic heterocycles. The molecular weight excluding hydrogens is 805 g/mol. The number of hydrogen-bond donors (Lipinski definition) is 0. The maximum absolute atomic E-state index is 5.22. The Balaban J connectivity index is 0.943. The molecule has 0 unspecified atom stereocenters. The molecule has 0 fully saturated rings. The van der Waals surface area contributed by atoms with Crippen LogP contribution in [0.25, 0.3) is 84.3 Å². The van der Waals surface area contributed by atoms with E-state index < -0.39 is 8.80 Å². The largest absolute Gasteiger partial charge is 0.292 e. The molecular formula is C60H44N4Si. The maximum Gasteiger partial charge on any atom is 0.160 e. The molecule has 0 aliphatic carbocycles. The summed E-state index contributed by atoms with van der Waals surface area (Å²) in [6, 6.07) is 86.5. The number of rotatable bonds is 10. The van der Waals surface area contributed by atoms with Crippen molar-refractivity contribution in [2.75, 3.05) is 0 Å². The Hall–Kier alpha value is -8.25. The standard InChI is InChI=1S/C60H44N4Si/c1-42-30-31-48(40-53(42)52-26-14-17-29-58(52)65(50-22-10-4-11-23-50)51-24-12-5-13-25-51)43-32-34-45(35-33-43)56-41-55(44-18-6-2-7-19-44)61-59(62-56)46-36-38-47(39-37-46)60-63-54-27-15-16-28-57(54)64(60)49-20-8-3-9-21-49/h2-41,65H,1H3. The number of benzene rings is 9. The topological polar surface area (TPSA) is 43.6 Å². The molecule has 0 radical (unpaired) electrons. The normalized spacial score (nSPS) is 11.3. The summed E-state index contributed by atoms with van der Waals surface area (Å²) in [5.74, 6) is 1.56. The lowest BCUT2D eigenvalue weighted by Crippen LogP contribution is -2.52. The smallest absolute Gasteiger partial charge is 0.160 e. The molecule has 0 atom stereocenters. The van der Waals surface area contributed by atoms with Gasteiger partial charge in [-0.15, -0.1) is 0 Å². The van der Waals surface area contributed by atoms with Crippen LogP contribution in [0.5, 0.6) is 0 Å². The fourth-order valence-corrected chi connectivity index (χ4v) is 12.3. The number of hydrogen-bond acceptors (Lipinski definition) is 3. The molecule has 2 heterocycles. The minimum absolute atomic E-state index is 0.670. The van der Waals surface area contributed by atoms with Gasteiger partial charge in [-0.25, -0.2) is 15.0 Å². The SMILES string of the molecule is Cc1ccc(-c2ccc(-c3cc(-c4ccccc4)nc(-c4ccc(-c5nc6ccccc6n5-c5ccccc5)cc4)n3)cc2)cc1-c1ccccc1[SiH](c1ccccc1)c1ccccc1. The average molecular weight is 849 g/mol. The monoisotopic (exact) mass is 848 g/mol. The van der Waals surface area contributed by atoms with Gasteiger partial charge in [0, 0.05) is 27.9 Å². The predicted octanol–water partition coefficient (Wildman–Crippen LogP) is 12.4. The lowest BCUT2D eigenvalue weighted by Gasteiger charge is -2.22. The van der Waals surface area contributed by atoms with E-state index >= 15 is 0 Å². The van der Waals surface area contributed by atoms with Crippen LogP contribution < -0.4 is 15.6 Å². The zero-order valence-electron chi connectivity index (χ0n) is 36.0. The van der Waals surface area contributed by atoms with Crippen molar-refractivity contribution < 1.29 is 0 Å². The first kappa shape index (κ1) is 39.6. The van der Waals surface area contributed by atoms with Crippen molar-refractivity contribution in [1.29, 1.82) is 0 Å². The van der Waals surface area contributed by atoms with Gasteiger partial charge in [0.15, 0.2) is 5.82 Å². The average Bonchev–Trinajstić information content (AvgIpc) is 3.78. The van der Waals surface area contributed by atoms with Crippen molar-refractivity contribution in [2.45, 2.75) is 6.92 Å². The first-order valence-electron chi connectivity index (χ1n) is 22.1. The zero-order valence-corrected chi connectivity index (χ0v) is 37.1. The second-order valence-electron chi connectivity index (χ2n) is 16.4. The van der Waals surface area contributed by atoms with Crippen molar-refractivity contribution in [2.24, 2.45) is 0 Å². The van der Waals surface area contributed by atoms with Gasteiger partial charge in [0.25, 0.3) is 0 Å². The number of fused-ring (bicyclic) bond motifs is 1. The summed E-state index contributed by atoms with van der Waals surface area (Å²) >= 11 is 0. The summed E-state index contributed by atoms with van der Waals surface area (Å²) in [4.78, 5) is 15.4. The predicted molar refractivity (Wildman–Crippen MR) is 273 cm³/mol. The van der Waals surface area contributed by atoms with Crippen molar-refractivity contribution >= 4 is 35.4 Å². The van der Waals surface area contributed by atoms with E-state index in [1.165, 1.54) is 37.8 Å². The zero-order chi connectivity index (χ0) is 43.5. The Labute approximate surface area is 381 Å². The van der Waals surface area contributed by atoms with Crippen molar-refractivity contribution in [3.8, 4) is 73.2 Å². The van der Waals surface area contributed by atoms with Crippen LogP contribution in [0.4, 0.5) is 0 Å². The van der Waals surface area contributed by atoms with E-state index in [2.05, 4.69) is 236 Å². The van der Waals surface area contributed by atoms with Crippen LogP contribution in [-0.4, -0.2) is 28.3 Å². The first-order chi connectivity index (χ1) is 32.1. The quantitative estimate of drug-likeness (QED) is 0.102. The molecule has 0 aliphatic rings. The highest BCUT2D eigenvalue weighted by atomic mass is 28.3. The fourth-order valence-electron chi connectivity index (χ4n) is 9.07. The van der Waals surface area contributed by atoms with Gasteiger partial charge in [-0.3, -0.25) is 4.57 Å². The molecule has 65 heavy (non-hydrogen) atoms. The van der Waals surface area contributed by atoms with E-state index in [0.29, 0.717) is 5.82 Å². The Bertz CT molecular complexity index is 3370. The van der Waals surface area contributed by atoms with Gasteiger partial charge in [0.2, 0.25) is 0 Å². The Morgan fingerprint density at radius 3 is 1.55 bits per heavy atom. The van der Waals surface area contributed by atoms with Crippen LogP contribution in [0.2, 0.25) is 0 Å². The molecule has 11 aromatic rings. The molecule has 0 bridgehead atoms.